The first-order valence-corrected chi connectivity index (χ1v) is 9.06. The van der Waals surface area contributed by atoms with Gasteiger partial charge in [-0.15, -0.1) is 0 Å². The molecule has 1 heteroatoms. The maximum Gasteiger partial charge on any atom is 0.0348 e. The molecule has 1 aromatic rings. The topological polar surface area (TPSA) is 12.0 Å². The van der Waals surface area contributed by atoms with Crippen molar-refractivity contribution in [3.05, 3.63) is 35.4 Å². The second-order valence-corrected chi connectivity index (χ2v) is 6.96. The molecule has 0 saturated heterocycles. The SMILES string of the molecule is CCCNC(c1ccc(CCC)cc1)C1CCCC(C)C1. The summed E-state index contributed by atoms with van der Waals surface area (Å²) in [5.41, 5.74) is 2.98. The largest absolute Gasteiger partial charge is 0.310 e. The van der Waals surface area contributed by atoms with E-state index in [0.29, 0.717) is 6.04 Å². The van der Waals surface area contributed by atoms with Gasteiger partial charge in [0.15, 0.2) is 0 Å². The monoisotopic (exact) mass is 287 g/mol. The first-order chi connectivity index (χ1) is 10.2. The summed E-state index contributed by atoms with van der Waals surface area (Å²) in [6.45, 7) is 8.07. The fourth-order valence-electron chi connectivity index (χ4n) is 3.82. The maximum atomic E-state index is 3.83. The number of aryl methyl sites for hydroxylation is 1. The van der Waals surface area contributed by atoms with Gasteiger partial charge in [-0.05, 0) is 55.2 Å². The second kappa shape index (κ2) is 8.58. The molecule has 1 fully saturated rings. The molecule has 0 radical (unpaired) electrons. The molecule has 1 saturated carbocycles. The number of hydrogen-bond donors (Lipinski definition) is 1. The third-order valence-corrected chi connectivity index (χ3v) is 4.94. The lowest BCUT2D eigenvalue weighted by atomic mass is 9.76. The Bertz CT molecular complexity index is 395. The maximum absolute atomic E-state index is 3.83. The highest BCUT2D eigenvalue weighted by atomic mass is 14.9. The molecular formula is C20H33N. The summed E-state index contributed by atoms with van der Waals surface area (Å²) < 4.78 is 0. The van der Waals surface area contributed by atoms with E-state index in [-0.39, 0.29) is 0 Å². The normalized spacial score (nSPS) is 24.0. The van der Waals surface area contributed by atoms with Crippen LogP contribution in [0.2, 0.25) is 0 Å². The minimum absolute atomic E-state index is 0.559. The van der Waals surface area contributed by atoms with Crippen molar-refractivity contribution in [2.24, 2.45) is 11.8 Å². The Morgan fingerprint density at radius 3 is 2.48 bits per heavy atom. The predicted octanol–water partition coefficient (Wildman–Crippen LogP) is 5.51. The minimum Gasteiger partial charge on any atom is -0.310 e. The highest BCUT2D eigenvalue weighted by Gasteiger charge is 2.27. The molecule has 1 N–H and O–H groups in total. The van der Waals surface area contributed by atoms with Crippen LogP contribution in [-0.4, -0.2) is 6.54 Å². The van der Waals surface area contributed by atoms with Crippen LogP contribution in [0.3, 0.4) is 0 Å². The Morgan fingerprint density at radius 2 is 1.86 bits per heavy atom. The standard InChI is InChI=1S/C20H33N/c1-4-7-17-10-12-18(13-11-17)20(21-14-5-2)19-9-6-8-16(3)15-19/h10-13,16,19-21H,4-9,14-15H2,1-3H3. The van der Waals surface area contributed by atoms with Gasteiger partial charge in [-0.3, -0.25) is 0 Å². The van der Waals surface area contributed by atoms with Gasteiger partial charge in [0.2, 0.25) is 0 Å². The highest BCUT2D eigenvalue weighted by Crippen LogP contribution is 2.37. The molecule has 0 aliphatic heterocycles. The van der Waals surface area contributed by atoms with E-state index in [2.05, 4.69) is 50.4 Å². The predicted molar refractivity (Wildman–Crippen MR) is 92.6 cm³/mol. The van der Waals surface area contributed by atoms with Crippen LogP contribution in [0.5, 0.6) is 0 Å². The van der Waals surface area contributed by atoms with E-state index in [9.17, 15) is 0 Å². The van der Waals surface area contributed by atoms with Crippen LogP contribution in [0.4, 0.5) is 0 Å². The summed E-state index contributed by atoms with van der Waals surface area (Å²) in [6, 6.07) is 9.98. The van der Waals surface area contributed by atoms with Crippen LogP contribution in [0.15, 0.2) is 24.3 Å². The van der Waals surface area contributed by atoms with Gasteiger partial charge in [-0.2, -0.15) is 0 Å². The van der Waals surface area contributed by atoms with Gasteiger partial charge in [0.25, 0.3) is 0 Å². The fraction of sp³-hybridized carbons (Fsp3) is 0.700. The molecule has 1 aromatic carbocycles. The van der Waals surface area contributed by atoms with Gasteiger partial charge < -0.3 is 5.32 Å². The van der Waals surface area contributed by atoms with Gasteiger partial charge in [0.1, 0.15) is 0 Å². The number of rotatable bonds is 7. The molecule has 21 heavy (non-hydrogen) atoms. The van der Waals surface area contributed by atoms with Crippen LogP contribution < -0.4 is 5.32 Å². The smallest absolute Gasteiger partial charge is 0.0348 e. The Hall–Kier alpha value is -0.820. The average Bonchev–Trinajstić information content (AvgIpc) is 2.50. The molecule has 3 unspecified atom stereocenters. The fourth-order valence-corrected chi connectivity index (χ4v) is 3.82. The summed E-state index contributed by atoms with van der Waals surface area (Å²) in [7, 11) is 0. The number of benzene rings is 1. The Morgan fingerprint density at radius 1 is 1.10 bits per heavy atom. The van der Waals surface area contributed by atoms with Crippen molar-refractivity contribution >= 4 is 0 Å². The van der Waals surface area contributed by atoms with Crippen molar-refractivity contribution in [1.82, 2.24) is 5.32 Å². The van der Waals surface area contributed by atoms with Crippen molar-refractivity contribution < 1.29 is 0 Å². The van der Waals surface area contributed by atoms with Gasteiger partial charge in [0.05, 0.1) is 0 Å². The molecule has 0 heterocycles. The van der Waals surface area contributed by atoms with E-state index in [0.717, 1.165) is 18.4 Å². The lowest BCUT2D eigenvalue weighted by molar-refractivity contribution is 0.223. The quantitative estimate of drug-likeness (QED) is 0.697. The second-order valence-electron chi connectivity index (χ2n) is 6.96. The van der Waals surface area contributed by atoms with Crippen LogP contribution >= 0.6 is 0 Å². The summed E-state index contributed by atoms with van der Waals surface area (Å²) >= 11 is 0. The van der Waals surface area contributed by atoms with Crippen LogP contribution in [0.1, 0.15) is 76.5 Å². The van der Waals surface area contributed by atoms with E-state index in [1.165, 1.54) is 56.1 Å². The van der Waals surface area contributed by atoms with E-state index in [4.69, 9.17) is 0 Å². The summed E-state index contributed by atoms with van der Waals surface area (Å²) in [5.74, 6) is 1.71. The van der Waals surface area contributed by atoms with E-state index in [1.54, 1.807) is 0 Å². The van der Waals surface area contributed by atoms with Gasteiger partial charge >= 0.3 is 0 Å². The molecule has 1 nitrogen and oxygen atoms in total. The Kier molecular flexibility index (Phi) is 6.76. The zero-order valence-corrected chi connectivity index (χ0v) is 14.2. The molecule has 2 rings (SSSR count). The molecule has 1 aliphatic rings. The van der Waals surface area contributed by atoms with E-state index >= 15 is 0 Å². The molecule has 3 atom stereocenters. The lowest BCUT2D eigenvalue weighted by Crippen LogP contribution is -2.31. The van der Waals surface area contributed by atoms with Crippen molar-refractivity contribution in [1.29, 1.82) is 0 Å². The van der Waals surface area contributed by atoms with E-state index in [1.807, 2.05) is 0 Å². The first kappa shape index (κ1) is 16.5. The molecule has 0 spiro atoms. The zero-order chi connectivity index (χ0) is 15.1. The molecule has 118 valence electrons. The summed E-state index contributed by atoms with van der Waals surface area (Å²) in [4.78, 5) is 0. The van der Waals surface area contributed by atoms with Gasteiger partial charge in [-0.1, -0.05) is 64.3 Å². The third-order valence-electron chi connectivity index (χ3n) is 4.94. The minimum atomic E-state index is 0.559. The lowest BCUT2D eigenvalue weighted by Gasteiger charge is -2.34. The van der Waals surface area contributed by atoms with Gasteiger partial charge in [0, 0.05) is 6.04 Å². The Labute approximate surface area is 131 Å². The van der Waals surface area contributed by atoms with Crippen molar-refractivity contribution in [3.63, 3.8) is 0 Å². The third kappa shape index (κ3) is 4.85. The van der Waals surface area contributed by atoms with Gasteiger partial charge in [-0.25, -0.2) is 0 Å². The zero-order valence-electron chi connectivity index (χ0n) is 14.2. The molecule has 0 amide bonds. The number of hydrogen-bond acceptors (Lipinski definition) is 1. The van der Waals surface area contributed by atoms with Crippen LogP contribution in [-0.2, 0) is 6.42 Å². The summed E-state index contributed by atoms with van der Waals surface area (Å²) in [6.07, 6.45) is 9.26. The van der Waals surface area contributed by atoms with E-state index < -0.39 is 0 Å². The molecular weight excluding hydrogens is 254 g/mol. The average molecular weight is 287 g/mol. The summed E-state index contributed by atoms with van der Waals surface area (Å²) in [5, 5.41) is 3.83. The molecule has 0 aromatic heterocycles. The number of nitrogens with one attached hydrogen (secondary N) is 1. The van der Waals surface area contributed by atoms with Crippen molar-refractivity contribution in [3.8, 4) is 0 Å². The highest BCUT2D eigenvalue weighted by molar-refractivity contribution is 5.26. The first-order valence-electron chi connectivity index (χ1n) is 9.06. The van der Waals surface area contributed by atoms with Crippen LogP contribution in [0, 0.1) is 11.8 Å². The molecule has 0 bridgehead atoms. The molecule has 1 aliphatic carbocycles. The van der Waals surface area contributed by atoms with Crippen LogP contribution in [0.25, 0.3) is 0 Å². The van der Waals surface area contributed by atoms with Crippen molar-refractivity contribution in [2.45, 2.75) is 71.8 Å². The van der Waals surface area contributed by atoms with Crippen molar-refractivity contribution in [2.75, 3.05) is 6.54 Å². The Balaban J connectivity index is 2.10.